The second-order valence-electron chi connectivity index (χ2n) is 13.3. The highest BCUT2D eigenvalue weighted by molar-refractivity contribution is 5.84. The normalized spacial score (nSPS) is 42.0. The molecular formula is C31H46N2O4. The molecule has 4 aliphatic carbocycles. The molecular weight excluding hydrogens is 464 g/mol. The predicted molar refractivity (Wildman–Crippen MR) is 145 cm³/mol. The molecule has 4 saturated carbocycles. The minimum atomic E-state index is -0.250. The standard InChI is InChI=1S/C31H46N2O4/c1-19(8-11-28(37)33-32-18-20-6-4-5-7-26(20)35)23-9-10-24-29-25(13-15-31(23,24)3)30(2)14-12-22(34)16-21(30)17-27(29)36/h4-7,18-19,21-25,27,29,34-36H,8-17H2,1-3H3,(H,33,37). The molecule has 1 aromatic rings. The Kier molecular flexibility index (Phi) is 7.45. The quantitative estimate of drug-likeness (QED) is 0.310. The first-order valence-electron chi connectivity index (χ1n) is 14.6. The van der Waals surface area contributed by atoms with Crippen LogP contribution in [0.15, 0.2) is 29.4 Å². The van der Waals surface area contributed by atoms with Crippen molar-refractivity contribution in [1.82, 2.24) is 5.43 Å². The van der Waals surface area contributed by atoms with Gasteiger partial charge in [0, 0.05) is 12.0 Å². The van der Waals surface area contributed by atoms with Gasteiger partial charge in [-0.25, -0.2) is 5.43 Å². The predicted octanol–water partition coefficient (Wildman–Crippen LogP) is 5.25. The van der Waals surface area contributed by atoms with Gasteiger partial charge in [0.15, 0.2) is 0 Å². The van der Waals surface area contributed by atoms with Gasteiger partial charge in [-0.2, -0.15) is 5.10 Å². The summed E-state index contributed by atoms with van der Waals surface area (Å²) in [6, 6.07) is 6.91. The maximum atomic E-state index is 12.5. The van der Waals surface area contributed by atoms with Crippen molar-refractivity contribution in [3.63, 3.8) is 0 Å². The van der Waals surface area contributed by atoms with Gasteiger partial charge in [0.2, 0.25) is 5.91 Å². The minimum absolute atomic E-state index is 0.0944. The first-order valence-corrected chi connectivity index (χ1v) is 14.6. The van der Waals surface area contributed by atoms with Crippen LogP contribution in [0.2, 0.25) is 0 Å². The van der Waals surface area contributed by atoms with E-state index in [0.717, 1.165) is 32.1 Å². The topological polar surface area (TPSA) is 102 Å². The van der Waals surface area contributed by atoms with E-state index in [1.54, 1.807) is 18.2 Å². The SMILES string of the molecule is CC(CCC(=O)NN=Cc1ccccc1O)C1CCC2C3C(O)CC4CC(O)CCC4(C)C3CCC12C. The molecule has 204 valence electrons. The molecule has 0 aromatic heterocycles. The van der Waals surface area contributed by atoms with Gasteiger partial charge in [-0.05, 0) is 116 Å². The average Bonchev–Trinajstić information content (AvgIpc) is 3.22. The summed E-state index contributed by atoms with van der Waals surface area (Å²) in [4.78, 5) is 12.5. The van der Waals surface area contributed by atoms with E-state index in [9.17, 15) is 20.1 Å². The number of nitrogens with one attached hydrogen (secondary N) is 1. The Morgan fingerprint density at radius 3 is 2.59 bits per heavy atom. The molecule has 6 heteroatoms. The van der Waals surface area contributed by atoms with Crippen molar-refractivity contribution < 1.29 is 20.1 Å². The molecule has 6 nitrogen and oxygen atoms in total. The number of aliphatic hydroxyl groups is 2. The summed E-state index contributed by atoms with van der Waals surface area (Å²) < 4.78 is 0. The van der Waals surface area contributed by atoms with E-state index in [0.29, 0.717) is 47.5 Å². The van der Waals surface area contributed by atoms with Crippen LogP contribution < -0.4 is 5.43 Å². The molecule has 10 atom stereocenters. The number of aliphatic hydroxyl groups excluding tert-OH is 2. The second kappa shape index (κ2) is 10.3. The Morgan fingerprint density at radius 2 is 1.81 bits per heavy atom. The largest absolute Gasteiger partial charge is 0.507 e. The Labute approximate surface area is 221 Å². The molecule has 5 rings (SSSR count). The van der Waals surface area contributed by atoms with Gasteiger partial charge >= 0.3 is 0 Å². The second-order valence-corrected chi connectivity index (χ2v) is 13.3. The molecule has 1 amide bonds. The molecule has 0 saturated heterocycles. The van der Waals surface area contributed by atoms with E-state index >= 15 is 0 Å². The first kappa shape index (κ1) is 26.7. The molecule has 0 spiro atoms. The van der Waals surface area contributed by atoms with Crippen molar-refractivity contribution >= 4 is 12.1 Å². The highest BCUT2D eigenvalue weighted by Gasteiger charge is 2.62. The molecule has 0 heterocycles. The van der Waals surface area contributed by atoms with Crippen molar-refractivity contribution in [1.29, 1.82) is 0 Å². The zero-order chi connectivity index (χ0) is 26.4. The fourth-order valence-corrected chi connectivity index (χ4v) is 9.56. The van der Waals surface area contributed by atoms with Crippen molar-refractivity contribution in [3.05, 3.63) is 29.8 Å². The smallest absolute Gasteiger partial charge is 0.240 e. The molecule has 10 unspecified atom stereocenters. The van der Waals surface area contributed by atoms with E-state index in [-0.39, 0.29) is 34.7 Å². The zero-order valence-electron chi connectivity index (χ0n) is 22.8. The summed E-state index contributed by atoms with van der Waals surface area (Å²) in [5, 5.41) is 35.6. The number of nitrogens with zero attached hydrogens (tertiary/aromatic N) is 1. The Balaban J connectivity index is 1.19. The Bertz CT molecular complexity index is 1010. The van der Waals surface area contributed by atoms with Crippen LogP contribution in [0, 0.1) is 46.3 Å². The number of phenolic OH excluding ortho intramolecular Hbond substituents is 1. The number of hydrogen-bond donors (Lipinski definition) is 4. The van der Waals surface area contributed by atoms with E-state index < -0.39 is 0 Å². The van der Waals surface area contributed by atoms with Crippen LogP contribution >= 0.6 is 0 Å². The summed E-state index contributed by atoms with van der Waals surface area (Å²) in [5.41, 5.74) is 3.66. The lowest BCUT2D eigenvalue weighted by molar-refractivity contribution is -0.174. The fourth-order valence-electron chi connectivity index (χ4n) is 9.56. The number of fused-ring (bicyclic) bond motifs is 5. The first-order chi connectivity index (χ1) is 17.6. The monoisotopic (exact) mass is 510 g/mol. The van der Waals surface area contributed by atoms with Crippen LogP contribution in [0.3, 0.4) is 0 Å². The zero-order valence-corrected chi connectivity index (χ0v) is 22.8. The van der Waals surface area contributed by atoms with Gasteiger partial charge in [0.05, 0.1) is 18.4 Å². The number of hydrazone groups is 1. The number of hydrogen-bond acceptors (Lipinski definition) is 5. The highest BCUT2D eigenvalue weighted by Crippen LogP contribution is 2.68. The number of aromatic hydroxyl groups is 1. The Hall–Kier alpha value is -1.92. The lowest BCUT2D eigenvalue weighted by Crippen LogP contribution is -2.58. The lowest BCUT2D eigenvalue weighted by atomic mass is 9.43. The summed E-state index contributed by atoms with van der Waals surface area (Å²) in [6.07, 6.45) is 10.8. The van der Waals surface area contributed by atoms with Gasteiger partial charge < -0.3 is 15.3 Å². The fraction of sp³-hybridized carbons (Fsp3) is 0.742. The number of carbonyl (C=O) groups is 1. The molecule has 0 aliphatic heterocycles. The molecule has 4 N–H and O–H groups in total. The summed E-state index contributed by atoms with van der Waals surface area (Å²) in [5.74, 6) is 2.99. The third-order valence-electron chi connectivity index (χ3n) is 11.6. The number of rotatable bonds is 6. The average molecular weight is 511 g/mol. The van der Waals surface area contributed by atoms with Crippen molar-refractivity contribution in [3.8, 4) is 5.75 Å². The van der Waals surface area contributed by atoms with Crippen LogP contribution in [0.5, 0.6) is 5.75 Å². The third-order valence-corrected chi connectivity index (χ3v) is 11.6. The maximum Gasteiger partial charge on any atom is 0.240 e. The number of para-hydroxylation sites is 1. The van der Waals surface area contributed by atoms with Gasteiger partial charge in [-0.15, -0.1) is 0 Å². The summed E-state index contributed by atoms with van der Waals surface area (Å²) in [6.45, 7) is 7.25. The van der Waals surface area contributed by atoms with Crippen LogP contribution in [0.1, 0.15) is 90.5 Å². The molecule has 0 bridgehead atoms. The third kappa shape index (κ3) is 4.85. The Morgan fingerprint density at radius 1 is 1.08 bits per heavy atom. The van der Waals surface area contributed by atoms with Gasteiger partial charge in [-0.1, -0.05) is 32.9 Å². The molecule has 4 aliphatic rings. The van der Waals surface area contributed by atoms with E-state index in [4.69, 9.17) is 0 Å². The maximum absolute atomic E-state index is 12.5. The molecule has 0 radical (unpaired) electrons. The number of benzene rings is 1. The van der Waals surface area contributed by atoms with Crippen molar-refractivity contribution in [2.24, 2.45) is 51.4 Å². The van der Waals surface area contributed by atoms with Crippen molar-refractivity contribution in [2.75, 3.05) is 0 Å². The summed E-state index contributed by atoms with van der Waals surface area (Å²) in [7, 11) is 0. The van der Waals surface area contributed by atoms with Gasteiger partial charge in [0.25, 0.3) is 0 Å². The van der Waals surface area contributed by atoms with E-state index in [1.807, 2.05) is 6.07 Å². The van der Waals surface area contributed by atoms with E-state index in [2.05, 4.69) is 31.3 Å². The van der Waals surface area contributed by atoms with Crippen LogP contribution in [0.25, 0.3) is 0 Å². The molecule has 1 aromatic carbocycles. The van der Waals surface area contributed by atoms with Crippen LogP contribution in [-0.4, -0.2) is 39.6 Å². The number of amides is 1. The van der Waals surface area contributed by atoms with Gasteiger partial charge in [0.1, 0.15) is 5.75 Å². The minimum Gasteiger partial charge on any atom is -0.507 e. The van der Waals surface area contributed by atoms with Crippen LogP contribution in [-0.2, 0) is 4.79 Å². The number of phenols is 1. The van der Waals surface area contributed by atoms with Gasteiger partial charge in [-0.3, -0.25) is 4.79 Å². The lowest BCUT2D eigenvalue weighted by Gasteiger charge is -2.62. The summed E-state index contributed by atoms with van der Waals surface area (Å²) >= 11 is 0. The molecule has 4 fully saturated rings. The highest BCUT2D eigenvalue weighted by atomic mass is 16.3. The van der Waals surface area contributed by atoms with Crippen LogP contribution in [0.4, 0.5) is 0 Å². The molecule has 37 heavy (non-hydrogen) atoms. The van der Waals surface area contributed by atoms with E-state index in [1.165, 1.54) is 31.9 Å². The number of carbonyl (C=O) groups excluding carboxylic acids is 1. The van der Waals surface area contributed by atoms with Crippen molar-refractivity contribution in [2.45, 2.75) is 97.2 Å².